The molecule has 1 heterocycles. The van der Waals surface area contributed by atoms with E-state index in [-0.39, 0.29) is 17.6 Å². The summed E-state index contributed by atoms with van der Waals surface area (Å²) >= 11 is 5.41. The van der Waals surface area contributed by atoms with Crippen LogP contribution in [-0.4, -0.2) is 17.8 Å². The number of anilines is 1. The number of carbonyl (C=O) groups excluding carboxylic acids is 1. The van der Waals surface area contributed by atoms with Crippen molar-refractivity contribution in [1.82, 2.24) is 0 Å². The van der Waals surface area contributed by atoms with E-state index in [4.69, 9.17) is 0 Å². The van der Waals surface area contributed by atoms with Gasteiger partial charge < -0.3 is 4.90 Å². The molecule has 0 aliphatic carbocycles. The molecular weight excluding hydrogens is 388 g/mol. The number of rotatable bonds is 2. The highest BCUT2D eigenvalue weighted by molar-refractivity contribution is 14.1. The number of benzene rings is 1. The van der Waals surface area contributed by atoms with Gasteiger partial charge in [-0.25, -0.2) is 4.39 Å². The molecule has 0 saturated carbocycles. The molecule has 2 nitrogen and oxygen atoms in total. The third-order valence-electron chi connectivity index (χ3n) is 2.62. The van der Waals surface area contributed by atoms with Gasteiger partial charge in [-0.2, -0.15) is 0 Å². The zero-order valence-corrected chi connectivity index (χ0v) is 12.2. The molecule has 1 aromatic carbocycles. The second-order valence-electron chi connectivity index (χ2n) is 3.82. The van der Waals surface area contributed by atoms with Gasteiger partial charge in [0.25, 0.3) is 0 Å². The zero-order valence-electron chi connectivity index (χ0n) is 8.42. The smallest absolute Gasteiger partial charge is 0.227 e. The van der Waals surface area contributed by atoms with Gasteiger partial charge in [-0.1, -0.05) is 15.9 Å². The van der Waals surface area contributed by atoms with Crippen molar-refractivity contribution >= 4 is 50.1 Å². The number of alkyl halides is 1. The van der Waals surface area contributed by atoms with Crippen molar-refractivity contribution in [2.75, 3.05) is 16.8 Å². The third kappa shape index (κ3) is 2.40. The van der Waals surface area contributed by atoms with Gasteiger partial charge in [-0.05, 0) is 46.7 Å². The molecule has 86 valence electrons. The average Bonchev–Trinajstić information content (AvgIpc) is 2.60. The molecule has 0 bridgehead atoms. The zero-order chi connectivity index (χ0) is 11.7. The summed E-state index contributed by atoms with van der Waals surface area (Å²) < 4.78 is 14.5. The first-order chi connectivity index (χ1) is 7.61. The summed E-state index contributed by atoms with van der Waals surface area (Å²) in [7, 11) is 0. The number of carbonyl (C=O) groups is 1. The van der Waals surface area contributed by atoms with Crippen molar-refractivity contribution in [3.63, 3.8) is 0 Å². The Labute approximate surface area is 115 Å². The third-order valence-corrected chi connectivity index (χ3v) is 4.21. The summed E-state index contributed by atoms with van der Waals surface area (Å²) in [5, 5.41) is 0.779. The van der Waals surface area contributed by atoms with Crippen LogP contribution in [0.25, 0.3) is 0 Å². The molecule has 1 aromatic rings. The second kappa shape index (κ2) is 5.00. The van der Waals surface area contributed by atoms with Crippen LogP contribution in [0.4, 0.5) is 10.1 Å². The highest BCUT2D eigenvalue weighted by Gasteiger charge is 2.31. The van der Waals surface area contributed by atoms with E-state index in [1.807, 2.05) is 6.07 Å². The van der Waals surface area contributed by atoms with Crippen LogP contribution in [0.5, 0.6) is 0 Å². The van der Waals surface area contributed by atoms with E-state index < -0.39 is 0 Å². The lowest BCUT2D eigenvalue weighted by Gasteiger charge is -2.17. The van der Waals surface area contributed by atoms with Crippen molar-refractivity contribution in [1.29, 1.82) is 0 Å². The van der Waals surface area contributed by atoms with Crippen LogP contribution in [0.2, 0.25) is 0 Å². The topological polar surface area (TPSA) is 20.3 Å². The Hall–Kier alpha value is -0.170. The Bertz CT molecular complexity index is 426. The maximum absolute atomic E-state index is 13.7. The molecule has 1 aliphatic heterocycles. The van der Waals surface area contributed by atoms with Crippen LogP contribution in [0.15, 0.2) is 18.2 Å². The number of halogens is 3. The first-order valence-electron chi connectivity index (χ1n) is 4.93. The molecule has 1 aliphatic rings. The lowest BCUT2D eigenvalue weighted by Crippen LogP contribution is -2.25. The van der Waals surface area contributed by atoms with Crippen molar-refractivity contribution in [2.45, 2.75) is 6.42 Å². The standard InChI is InChI=1S/C11H10BrFINO/c12-5-7-3-11(16)15(6-7)10-2-1-8(14)4-9(10)13/h1-2,4,7H,3,5-6H2. The normalized spacial score (nSPS) is 20.6. The molecular formula is C11H10BrFINO. The van der Waals surface area contributed by atoms with Gasteiger partial charge in [0.05, 0.1) is 5.69 Å². The van der Waals surface area contributed by atoms with E-state index in [1.54, 1.807) is 6.07 Å². The molecule has 0 N–H and O–H groups in total. The number of amides is 1. The van der Waals surface area contributed by atoms with Crippen LogP contribution in [0.3, 0.4) is 0 Å². The van der Waals surface area contributed by atoms with Crippen LogP contribution in [0.1, 0.15) is 6.42 Å². The highest BCUT2D eigenvalue weighted by atomic mass is 127. The van der Waals surface area contributed by atoms with Crippen LogP contribution < -0.4 is 4.90 Å². The molecule has 1 unspecified atom stereocenters. The lowest BCUT2D eigenvalue weighted by molar-refractivity contribution is -0.117. The minimum absolute atomic E-state index is 0.00422. The summed E-state index contributed by atoms with van der Waals surface area (Å²) in [6, 6.07) is 4.93. The SMILES string of the molecule is O=C1CC(CBr)CN1c1ccc(I)cc1F. The fourth-order valence-corrected chi connectivity index (χ4v) is 2.70. The fourth-order valence-electron chi connectivity index (χ4n) is 1.82. The van der Waals surface area contributed by atoms with Gasteiger partial charge in [0.2, 0.25) is 5.91 Å². The summed E-state index contributed by atoms with van der Waals surface area (Å²) in [5.41, 5.74) is 0.397. The van der Waals surface area contributed by atoms with E-state index in [1.165, 1.54) is 11.0 Å². The monoisotopic (exact) mass is 397 g/mol. The van der Waals surface area contributed by atoms with Crippen molar-refractivity contribution in [2.24, 2.45) is 5.92 Å². The minimum Gasteiger partial charge on any atom is -0.309 e. The molecule has 1 fully saturated rings. The molecule has 0 aromatic heterocycles. The Kier molecular flexibility index (Phi) is 3.84. The molecule has 0 spiro atoms. The first kappa shape index (κ1) is 12.3. The Balaban J connectivity index is 2.28. The number of hydrogen-bond donors (Lipinski definition) is 0. The minimum atomic E-state index is -0.324. The molecule has 1 amide bonds. The second-order valence-corrected chi connectivity index (χ2v) is 5.72. The Morgan fingerprint density at radius 3 is 2.88 bits per heavy atom. The van der Waals surface area contributed by atoms with Gasteiger partial charge in [-0.3, -0.25) is 4.79 Å². The van der Waals surface area contributed by atoms with E-state index in [0.717, 1.165) is 8.90 Å². The fraction of sp³-hybridized carbons (Fsp3) is 0.364. The maximum atomic E-state index is 13.7. The van der Waals surface area contributed by atoms with Gasteiger partial charge in [0.15, 0.2) is 0 Å². The van der Waals surface area contributed by atoms with E-state index in [0.29, 0.717) is 18.7 Å². The van der Waals surface area contributed by atoms with Gasteiger partial charge in [-0.15, -0.1) is 0 Å². The van der Waals surface area contributed by atoms with Crippen molar-refractivity contribution in [3.05, 3.63) is 27.6 Å². The van der Waals surface area contributed by atoms with Gasteiger partial charge in [0, 0.05) is 21.9 Å². The Morgan fingerprint density at radius 2 is 2.31 bits per heavy atom. The number of nitrogens with zero attached hydrogens (tertiary/aromatic N) is 1. The summed E-state index contributed by atoms with van der Waals surface area (Å²) in [5.74, 6) is -0.0359. The van der Waals surface area contributed by atoms with E-state index in [9.17, 15) is 9.18 Å². The summed E-state index contributed by atoms with van der Waals surface area (Å²) in [6.07, 6.45) is 0.497. The first-order valence-corrected chi connectivity index (χ1v) is 7.13. The van der Waals surface area contributed by atoms with Gasteiger partial charge >= 0.3 is 0 Å². The largest absolute Gasteiger partial charge is 0.309 e. The molecule has 5 heteroatoms. The molecule has 16 heavy (non-hydrogen) atoms. The molecule has 0 radical (unpaired) electrons. The summed E-state index contributed by atoms with van der Waals surface area (Å²) in [6.45, 7) is 0.599. The van der Waals surface area contributed by atoms with E-state index >= 15 is 0 Å². The van der Waals surface area contributed by atoms with Crippen LogP contribution in [0, 0.1) is 15.3 Å². The molecule has 1 atom stereocenters. The quantitative estimate of drug-likeness (QED) is 0.554. The summed E-state index contributed by atoms with van der Waals surface area (Å²) in [4.78, 5) is 13.3. The predicted octanol–water partition coefficient (Wildman–Crippen LogP) is 3.18. The van der Waals surface area contributed by atoms with Crippen molar-refractivity contribution in [3.8, 4) is 0 Å². The van der Waals surface area contributed by atoms with E-state index in [2.05, 4.69) is 38.5 Å². The molecule has 1 saturated heterocycles. The maximum Gasteiger partial charge on any atom is 0.227 e. The number of hydrogen-bond acceptors (Lipinski definition) is 1. The molecule has 2 rings (SSSR count). The van der Waals surface area contributed by atoms with Crippen LogP contribution in [-0.2, 0) is 4.79 Å². The Morgan fingerprint density at radius 1 is 1.56 bits per heavy atom. The van der Waals surface area contributed by atoms with Crippen LogP contribution >= 0.6 is 38.5 Å². The predicted molar refractivity (Wildman–Crippen MR) is 73.4 cm³/mol. The lowest BCUT2D eigenvalue weighted by atomic mass is 10.2. The van der Waals surface area contributed by atoms with Gasteiger partial charge in [0.1, 0.15) is 5.82 Å². The van der Waals surface area contributed by atoms with Crippen molar-refractivity contribution < 1.29 is 9.18 Å². The highest BCUT2D eigenvalue weighted by Crippen LogP contribution is 2.28. The average molecular weight is 398 g/mol.